The van der Waals surface area contributed by atoms with Crippen LogP contribution < -0.4 is 5.73 Å². The van der Waals surface area contributed by atoms with E-state index < -0.39 is 36.4 Å². The number of nitrogens with zero attached hydrogens (tertiary/aromatic N) is 1. The topological polar surface area (TPSA) is 66.9 Å². The fourth-order valence-corrected chi connectivity index (χ4v) is 1.64. The Bertz CT molecular complexity index is 265. The molecule has 2 N–H and O–H groups in total. The van der Waals surface area contributed by atoms with E-state index in [4.69, 9.17) is 11.0 Å². The molecule has 0 aromatic rings. The Morgan fingerprint density at radius 2 is 2.14 bits per heavy atom. The number of nitriles is 1. The number of rotatable bonds is 2. The van der Waals surface area contributed by atoms with Crippen LogP contribution in [0.15, 0.2) is 0 Å². The van der Waals surface area contributed by atoms with Crippen LogP contribution in [-0.4, -0.2) is 18.3 Å². The Hall–Kier alpha value is -0.730. The Labute approximate surface area is 86.7 Å². The molecule has 0 radical (unpaired) electrons. The van der Waals surface area contributed by atoms with Crippen molar-refractivity contribution in [2.24, 2.45) is 17.6 Å². The quantitative estimate of drug-likeness (QED) is 0.764. The van der Waals surface area contributed by atoms with Crippen molar-refractivity contribution in [1.82, 2.24) is 0 Å². The molecular formula is C8H11ClF2N2O. The summed E-state index contributed by atoms with van der Waals surface area (Å²) in [6.07, 6.45) is -1.04. The molecule has 0 aliphatic heterocycles. The van der Waals surface area contributed by atoms with Gasteiger partial charge in [-0.1, -0.05) is 0 Å². The van der Waals surface area contributed by atoms with Crippen molar-refractivity contribution in [2.75, 3.05) is 6.54 Å². The molecule has 0 bridgehead atoms. The smallest absolute Gasteiger partial charge is 0.250 e. The summed E-state index contributed by atoms with van der Waals surface area (Å²) >= 11 is 0. The normalized spacial score (nSPS) is 29.0. The van der Waals surface area contributed by atoms with Gasteiger partial charge in [-0.05, 0) is 0 Å². The lowest BCUT2D eigenvalue weighted by Gasteiger charge is -2.08. The standard InChI is InChI=1S/C8H10F2N2O.ClH/c9-8(10)1-5(3-11)6(2-8)7(13)4-12;/h5-6H,1-2,4,12H2;1H/t5-,6?;/m0./s1. The van der Waals surface area contributed by atoms with Crippen molar-refractivity contribution >= 4 is 18.2 Å². The van der Waals surface area contributed by atoms with Crippen LogP contribution in [0.5, 0.6) is 0 Å². The molecule has 0 aromatic heterocycles. The maximum absolute atomic E-state index is 12.8. The highest BCUT2D eigenvalue weighted by Gasteiger charge is 2.48. The first-order chi connectivity index (χ1) is 6.00. The molecule has 1 fully saturated rings. The molecular weight excluding hydrogens is 214 g/mol. The first kappa shape index (κ1) is 13.3. The highest BCUT2D eigenvalue weighted by atomic mass is 35.5. The minimum absolute atomic E-state index is 0. The third-order valence-corrected chi connectivity index (χ3v) is 2.30. The first-order valence-electron chi connectivity index (χ1n) is 4.00. The molecule has 0 aromatic carbocycles. The Morgan fingerprint density at radius 3 is 2.57 bits per heavy atom. The lowest BCUT2D eigenvalue weighted by atomic mass is 9.93. The number of nitrogens with two attached hydrogens (primary N) is 1. The van der Waals surface area contributed by atoms with Crippen molar-refractivity contribution in [1.29, 1.82) is 5.26 Å². The van der Waals surface area contributed by atoms with Crippen molar-refractivity contribution in [3.63, 3.8) is 0 Å². The molecule has 0 amide bonds. The zero-order chi connectivity index (χ0) is 10.1. The van der Waals surface area contributed by atoms with E-state index in [1.807, 2.05) is 0 Å². The second-order valence-electron chi connectivity index (χ2n) is 3.28. The van der Waals surface area contributed by atoms with Gasteiger partial charge < -0.3 is 5.73 Å². The van der Waals surface area contributed by atoms with E-state index in [0.29, 0.717) is 0 Å². The number of hydrogen-bond acceptors (Lipinski definition) is 3. The number of hydrogen-bond donors (Lipinski definition) is 1. The van der Waals surface area contributed by atoms with Crippen LogP contribution in [0.25, 0.3) is 0 Å². The van der Waals surface area contributed by atoms with Crippen molar-refractivity contribution in [3.05, 3.63) is 0 Å². The number of ketones is 1. The van der Waals surface area contributed by atoms with E-state index in [0.717, 1.165) is 0 Å². The van der Waals surface area contributed by atoms with Gasteiger partial charge in [0.2, 0.25) is 5.92 Å². The Morgan fingerprint density at radius 1 is 1.57 bits per heavy atom. The number of alkyl halides is 2. The second kappa shape index (κ2) is 4.67. The maximum atomic E-state index is 12.8. The highest BCUT2D eigenvalue weighted by molar-refractivity contribution is 5.85. The van der Waals surface area contributed by atoms with Crippen LogP contribution in [0.2, 0.25) is 0 Å². The van der Waals surface area contributed by atoms with Gasteiger partial charge in [-0.15, -0.1) is 12.4 Å². The minimum Gasteiger partial charge on any atom is -0.324 e. The van der Waals surface area contributed by atoms with Gasteiger partial charge in [-0.2, -0.15) is 5.26 Å². The van der Waals surface area contributed by atoms with Crippen molar-refractivity contribution < 1.29 is 13.6 Å². The molecule has 14 heavy (non-hydrogen) atoms. The number of Topliss-reactive ketones (excluding diaryl/α,β-unsaturated/α-hetero) is 1. The van der Waals surface area contributed by atoms with E-state index >= 15 is 0 Å². The Kier molecular flexibility index (Phi) is 4.43. The van der Waals surface area contributed by atoms with E-state index in [1.54, 1.807) is 6.07 Å². The number of carbonyl (C=O) groups excluding carboxylic acids is 1. The van der Waals surface area contributed by atoms with Gasteiger partial charge in [0.05, 0.1) is 18.5 Å². The van der Waals surface area contributed by atoms with Crippen molar-refractivity contribution in [3.8, 4) is 6.07 Å². The molecule has 80 valence electrons. The average Bonchev–Trinajstić information content (AvgIpc) is 2.39. The molecule has 0 spiro atoms. The molecule has 2 atom stereocenters. The minimum atomic E-state index is -2.88. The number of carbonyl (C=O) groups is 1. The van der Waals surface area contributed by atoms with Crippen molar-refractivity contribution in [2.45, 2.75) is 18.8 Å². The lowest BCUT2D eigenvalue weighted by molar-refractivity contribution is -0.122. The Balaban J connectivity index is 0.00000169. The molecule has 0 heterocycles. The third kappa shape index (κ3) is 2.63. The van der Waals surface area contributed by atoms with Crippen LogP contribution in [-0.2, 0) is 4.79 Å². The van der Waals surface area contributed by atoms with Gasteiger partial charge in [-0.3, -0.25) is 4.79 Å². The molecule has 1 saturated carbocycles. The SMILES string of the molecule is Cl.N#C[C@@H]1CC(F)(F)CC1C(=O)CN. The van der Waals surface area contributed by atoms with Gasteiger partial charge in [0.25, 0.3) is 0 Å². The van der Waals surface area contributed by atoms with Gasteiger partial charge in [0, 0.05) is 18.8 Å². The largest absolute Gasteiger partial charge is 0.324 e. The fraction of sp³-hybridized carbons (Fsp3) is 0.750. The molecule has 1 aliphatic rings. The van der Waals surface area contributed by atoms with Crippen LogP contribution in [0.1, 0.15) is 12.8 Å². The zero-order valence-corrected chi connectivity index (χ0v) is 8.19. The van der Waals surface area contributed by atoms with E-state index in [2.05, 4.69) is 0 Å². The highest BCUT2D eigenvalue weighted by Crippen LogP contribution is 2.43. The van der Waals surface area contributed by atoms with E-state index in [1.165, 1.54) is 0 Å². The van der Waals surface area contributed by atoms with Crippen LogP contribution >= 0.6 is 12.4 Å². The summed E-state index contributed by atoms with van der Waals surface area (Å²) in [5.74, 6) is -5.06. The third-order valence-electron chi connectivity index (χ3n) is 2.30. The molecule has 0 saturated heterocycles. The first-order valence-corrected chi connectivity index (χ1v) is 4.00. The summed E-state index contributed by atoms with van der Waals surface area (Å²) in [6.45, 7) is -0.265. The summed E-state index contributed by atoms with van der Waals surface area (Å²) < 4.78 is 25.6. The molecule has 3 nitrogen and oxygen atoms in total. The summed E-state index contributed by atoms with van der Waals surface area (Å²) in [4.78, 5) is 11.1. The molecule has 1 rings (SSSR count). The summed E-state index contributed by atoms with van der Waals surface area (Å²) in [7, 11) is 0. The number of halogens is 3. The predicted octanol–water partition coefficient (Wildman–Crippen LogP) is 1.12. The second-order valence-corrected chi connectivity index (χ2v) is 3.28. The van der Waals surface area contributed by atoms with Gasteiger partial charge in [0.15, 0.2) is 5.78 Å². The van der Waals surface area contributed by atoms with E-state index in [9.17, 15) is 13.6 Å². The monoisotopic (exact) mass is 224 g/mol. The predicted molar refractivity (Wildman–Crippen MR) is 48.1 cm³/mol. The van der Waals surface area contributed by atoms with Crippen LogP contribution in [0, 0.1) is 23.2 Å². The average molecular weight is 225 g/mol. The maximum Gasteiger partial charge on any atom is 0.250 e. The zero-order valence-electron chi connectivity index (χ0n) is 7.37. The van der Waals surface area contributed by atoms with Gasteiger partial charge in [-0.25, -0.2) is 8.78 Å². The molecule has 6 heteroatoms. The van der Waals surface area contributed by atoms with E-state index in [-0.39, 0.29) is 19.0 Å². The lowest BCUT2D eigenvalue weighted by Crippen LogP contribution is -2.25. The fourth-order valence-electron chi connectivity index (χ4n) is 1.64. The van der Waals surface area contributed by atoms with Crippen LogP contribution in [0.4, 0.5) is 8.78 Å². The van der Waals surface area contributed by atoms with Gasteiger partial charge in [0.1, 0.15) is 0 Å². The molecule has 1 unspecified atom stereocenters. The molecule has 1 aliphatic carbocycles. The van der Waals surface area contributed by atoms with Crippen LogP contribution in [0.3, 0.4) is 0 Å². The summed E-state index contributed by atoms with van der Waals surface area (Å²) in [5.41, 5.74) is 5.05. The summed E-state index contributed by atoms with van der Waals surface area (Å²) in [6, 6.07) is 1.73. The van der Waals surface area contributed by atoms with Gasteiger partial charge >= 0.3 is 0 Å². The summed E-state index contributed by atoms with van der Waals surface area (Å²) in [5, 5.41) is 8.54.